The van der Waals surface area contributed by atoms with E-state index in [2.05, 4.69) is 12.2 Å². The first kappa shape index (κ1) is 8.96. The van der Waals surface area contributed by atoms with Crippen molar-refractivity contribution in [2.75, 3.05) is 13.1 Å². The summed E-state index contributed by atoms with van der Waals surface area (Å²) in [7, 11) is 0. The van der Waals surface area contributed by atoms with Crippen LogP contribution in [0, 0.1) is 5.92 Å². The molecule has 56 valence electrons. The third kappa shape index (κ3) is 4.46. The summed E-state index contributed by atoms with van der Waals surface area (Å²) >= 11 is 0. The Morgan fingerprint density at radius 3 is 2.22 bits per heavy atom. The lowest BCUT2D eigenvalue weighted by molar-refractivity contribution is 0.405. The summed E-state index contributed by atoms with van der Waals surface area (Å²) < 4.78 is 0. The lowest BCUT2D eigenvalue weighted by atomic mass is 10.0. The average Bonchev–Trinajstić information content (AvgIpc) is 1.94. The van der Waals surface area contributed by atoms with E-state index >= 15 is 0 Å². The van der Waals surface area contributed by atoms with Gasteiger partial charge in [0, 0.05) is 0 Å². The zero-order valence-electron chi connectivity index (χ0n) is 6.91. The molecule has 1 N–H and O–H groups in total. The summed E-state index contributed by atoms with van der Waals surface area (Å²) in [5, 5.41) is 3.33. The number of hydrogen-bond donors (Lipinski definition) is 1. The van der Waals surface area contributed by atoms with Gasteiger partial charge < -0.3 is 5.32 Å². The fraction of sp³-hybridized carbons (Fsp3) is 1.00. The van der Waals surface area contributed by atoms with Crippen molar-refractivity contribution in [2.24, 2.45) is 5.92 Å². The van der Waals surface area contributed by atoms with Crippen LogP contribution in [-0.2, 0) is 0 Å². The van der Waals surface area contributed by atoms with E-state index in [1.54, 1.807) is 0 Å². The van der Waals surface area contributed by atoms with Gasteiger partial charge in [0.25, 0.3) is 0 Å². The minimum absolute atomic E-state index is 0.925. The highest BCUT2D eigenvalue weighted by Crippen LogP contribution is 2.06. The molecule has 0 amide bonds. The predicted molar refractivity (Wildman–Crippen MR) is 42.6 cm³/mol. The van der Waals surface area contributed by atoms with Crippen LogP contribution in [0.1, 0.15) is 33.6 Å². The minimum Gasteiger partial charge on any atom is -0.316 e. The van der Waals surface area contributed by atoms with E-state index in [4.69, 9.17) is 0 Å². The molecule has 1 saturated heterocycles. The molecule has 1 aliphatic heterocycles. The normalized spacial score (nSPS) is 26.3. The summed E-state index contributed by atoms with van der Waals surface area (Å²) in [5.41, 5.74) is 0. The standard InChI is InChI=1S/C6H13N.C2H6/c1-6-3-2-4-7-5-6;1-2/h6-7H,2-5H2,1H3;1-2H3/t6-;/m1./s1. The van der Waals surface area contributed by atoms with Crippen LogP contribution in [0.25, 0.3) is 0 Å². The van der Waals surface area contributed by atoms with Crippen molar-refractivity contribution in [3.63, 3.8) is 0 Å². The summed E-state index contributed by atoms with van der Waals surface area (Å²) in [6.07, 6.45) is 2.80. The molecule has 1 nitrogen and oxygen atoms in total. The highest BCUT2D eigenvalue weighted by molar-refractivity contribution is 4.63. The van der Waals surface area contributed by atoms with Crippen LogP contribution in [0.3, 0.4) is 0 Å². The van der Waals surface area contributed by atoms with E-state index in [1.807, 2.05) is 13.8 Å². The van der Waals surface area contributed by atoms with E-state index in [-0.39, 0.29) is 0 Å². The molecule has 1 atom stereocenters. The zero-order chi connectivity index (χ0) is 7.11. The Hall–Kier alpha value is -0.0400. The second-order valence-corrected chi connectivity index (χ2v) is 2.45. The second kappa shape index (κ2) is 6.09. The van der Waals surface area contributed by atoms with Crippen molar-refractivity contribution >= 4 is 0 Å². The topological polar surface area (TPSA) is 12.0 Å². The van der Waals surface area contributed by atoms with Crippen LogP contribution >= 0.6 is 0 Å². The van der Waals surface area contributed by atoms with Crippen LogP contribution in [0.5, 0.6) is 0 Å². The fourth-order valence-corrected chi connectivity index (χ4v) is 1.03. The van der Waals surface area contributed by atoms with Crippen LogP contribution in [0.2, 0.25) is 0 Å². The molecule has 1 rings (SSSR count). The molecule has 1 aliphatic rings. The largest absolute Gasteiger partial charge is 0.316 e. The maximum Gasteiger partial charge on any atom is -0.00231 e. The van der Waals surface area contributed by atoms with Gasteiger partial charge in [0.1, 0.15) is 0 Å². The van der Waals surface area contributed by atoms with Gasteiger partial charge in [0.2, 0.25) is 0 Å². The lowest BCUT2D eigenvalue weighted by Crippen LogP contribution is -2.27. The first-order valence-corrected chi connectivity index (χ1v) is 4.10. The van der Waals surface area contributed by atoms with Crippen LogP contribution in [0.4, 0.5) is 0 Å². The van der Waals surface area contributed by atoms with Gasteiger partial charge in [0.05, 0.1) is 0 Å². The Balaban J connectivity index is 0.000000291. The summed E-state index contributed by atoms with van der Waals surface area (Å²) in [4.78, 5) is 0. The fourth-order valence-electron chi connectivity index (χ4n) is 1.03. The molecule has 9 heavy (non-hydrogen) atoms. The smallest absolute Gasteiger partial charge is 0.00231 e. The quantitative estimate of drug-likeness (QED) is 0.527. The minimum atomic E-state index is 0.925. The van der Waals surface area contributed by atoms with Gasteiger partial charge in [-0.25, -0.2) is 0 Å². The highest BCUT2D eigenvalue weighted by atomic mass is 14.9. The third-order valence-electron chi connectivity index (χ3n) is 1.54. The van der Waals surface area contributed by atoms with E-state index < -0.39 is 0 Å². The van der Waals surface area contributed by atoms with Gasteiger partial charge in [-0.15, -0.1) is 0 Å². The van der Waals surface area contributed by atoms with Gasteiger partial charge in [0.15, 0.2) is 0 Å². The molecule has 1 fully saturated rings. The molecule has 0 bridgehead atoms. The molecule has 0 aliphatic carbocycles. The molecule has 0 aromatic heterocycles. The van der Waals surface area contributed by atoms with E-state index in [0.29, 0.717) is 0 Å². The number of piperidine rings is 1. The Bertz CT molecular complexity index is 46.5. The summed E-state index contributed by atoms with van der Waals surface area (Å²) in [5.74, 6) is 0.925. The van der Waals surface area contributed by atoms with Crippen LogP contribution in [-0.4, -0.2) is 13.1 Å². The molecule has 0 aromatic carbocycles. The van der Waals surface area contributed by atoms with Gasteiger partial charge >= 0.3 is 0 Å². The molecule has 0 spiro atoms. The lowest BCUT2D eigenvalue weighted by Gasteiger charge is -2.17. The van der Waals surface area contributed by atoms with Crippen molar-refractivity contribution in [3.05, 3.63) is 0 Å². The van der Waals surface area contributed by atoms with Crippen molar-refractivity contribution in [1.82, 2.24) is 5.32 Å². The van der Waals surface area contributed by atoms with Crippen molar-refractivity contribution in [2.45, 2.75) is 33.6 Å². The first-order chi connectivity index (χ1) is 4.39. The Morgan fingerprint density at radius 1 is 1.33 bits per heavy atom. The van der Waals surface area contributed by atoms with Gasteiger partial charge in [-0.1, -0.05) is 20.8 Å². The van der Waals surface area contributed by atoms with E-state index in [9.17, 15) is 0 Å². The summed E-state index contributed by atoms with van der Waals surface area (Å²) in [6.45, 7) is 8.77. The molecule has 1 heteroatoms. The molecule has 0 unspecified atom stereocenters. The maximum absolute atomic E-state index is 3.33. The Morgan fingerprint density at radius 2 is 2.00 bits per heavy atom. The zero-order valence-corrected chi connectivity index (χ0v) is 6.91. The molecular formula is C8H19N. The number of rotatable bonds is 0. The number of nitrogens with one attached hydrogen (secondary N) is 1. The van der Waals surface area contributed by atoms with Gasteiger partial charge in [-0.05, 0) is 31.8 Å². The van der Waals surface area contributed by atoms with Crippen molar-refractivity contribution in [1.29, 1.82) is 0 Å². The van der Waals surface area contributed by atoms with Crippen molar-refractivity contribution in [3.8, 4) is 0 Å². The first-order valence-electron chi connectivity index (χ1n) is 4.10. The van der Waals surface area contributed by atoms with Crippen LogP contribution in [0.15, 0.2) is 0 Å². The van der Waals surface area contributed by atoms with Gasteiger partial charge in [-0.3, -0.25) is 0 Å². The monoisotopic (exact) mass is 129 g/mol. The molecule has 0 aromatic rings. The third-order valence-corrected chi connectivity index (χ3v) is 1.54. The molecule has 0 saturated carbocycles. The summed E-state index contributed by atoms with van der Waals surface area (Å²) in [6, 6.07) is 0. The Kier molecular flexibility index (Phi) is 6.06. The number of hydrogen-bond acceptors (Lipinski definition) is 1. The maximum atomic E-state index is 3.33. The molecule has 0 radical (unpaired) electrons. The average molecular weight is 129 g/mol. The van der Waals surface area contributed by atoms with E-state index in [0.717, 1.165) is 5.92 Å². The second-order valence-electron chi connectivity index (χ2n) is 2.45. The highest BCUT2D eigenvalue weighted by Gasteiger charge is 2.04. The van der Waals surface area contributed by atoms with Crippen LogP contribution < -0.4 is 5.32 Å². The predicted octanol–water partition coefficient (Wildman–Crippen LogP) is 2.03. The SMILES string of the molecule is CC.C[C@@H]1CCCNC1. The Labute approximate surface area is 58.8 Å². The molecule has 1 heterocycles. The molecular weight excluding hydrogens is 110 g/mol. The van der Waals surface area contributed by atoms with Gasteiger partial charge in [-0.2, -0.15) is 0 Å². The van der Waals surface area contributed by atoms with Crippen molar-refractivity contribution < 1.29 is 0 Å². The van der Waals surface area contributed by atoms with E-state index in [1.165, 1.54) is 25.9 Å².